The molecule has 0 spiro atoms. The van der Waals surface area contributed by atoms with Gasteiger partial charge in [0.15, 0.2) is 0 Å². The molecule has 3 aliphatic rings. The fraction of sp³-hybridized carbons (Fsp3) is 0.419. The molecule has 37 heavy (non-hydrogen) atoms. The lowest BCUT2D eigenvalue weighted by Crippen LogP contribution is -2.34. The average molecular weight is 498 g/mol. The van der Waals surface area contributed by atoms with Crippen LogP contribution in [0.4, 0.5) is 5.69 Å². The molecular weight excluding hydrogens is 462 g/mol. The van der Waals surface area contributed by atoms with Crippen LogP contribution in [0.5, 0.6) is 0 Å². The van der Waals surface area contributed by atoms with Crippen molar-refractivity contribution in [1.29, 1.82) is 0 Å². The van der Waals surface area contributed by atoms with Crippen LogP contribution in [-0.4, -0.2) is 34.1 Å². The number of hydrogen-bond donors (Lipinski definition) is 3. The van der Waals surface area contributed by atoms with Crippen molar-refractivity contribution in [2.75, 3.05) is 11.4 Å². The molecule has 6 heteroatoms. The lowest BCUT2D eigenvalue weighted by molar-refractivity contribution is -0.114. The Morgan fingerprint density at radius 3 is 2.62 bits per heavy atom. The number of amides is 2. The Bertz CT molecular complexity index is 1490. The summed E-state index contributed by atoms with van der Waals surface area (Å²) in [5, 5.41) is 11.7. The first-order valence-corrected chi connectivity index (χ1v) is 13.5. The van der Waals surface area contributed by atoms with E-state index in [1.165, 1.54) is 11.1 Å². The van der Waals surface area contributed by atoms with E-state index < -0.39 is 11.5 Å². The maximum Gasteiger partial charge on any atom is 0.254 e. The Kier molecular flexibility index (Phi) is 5.57. The quantitative estimate of drug-likeness (QED) is 0.454. The highest BCUT2D eigenvalue weighted by molar-refractivity contribution is 6.12. The van der Waals surface area contributed by atoms with Crippen LogP contribution in [-0.2, 0) is 17.6 Å². The summed E-state index contributed by atoms with van der Waals surface area (Å²) in [6, 6.07) is 9.99. The predicted octanol–water partition coefficient (Wildman–Crippen LogP) is 5.34. The number of nitrogens with two attached hydrogens (primary N) is 1. The monoisotopic (exact) mass is 497 g/mol. The van der Waals surface area contributed by atoms with Gasteiger partial charge >= 0.3 is 0 Å². The van der Waals surface area contributed by atoms with Crippen LogP contribution in [0.25, 0.3) is 22.0 Å². The van der Waals surface area contributed by atoms with E-state index >= 15 is 0 Å². The van der Waals surface area contributed by atoms with E-state index in [0.717, 1.165) is 89.5 Å². The van der Waals surface area contributed by atoms with E-state index in [2.05, 4.69) is 18.0 Å². The van der Waals surface area contributed by atoms with Gasteiger partial charge in [-0.2, -0.15) is 0 Å². The van der Waals surface area contributed by atoms with E-state index in [1.807, 2.05) is 43.0 Å². The number of primary amides is 1. The largest absolute Gasteiger partial charge is 0.390 e. The van der Waals surface area contributed by atoms with Crippen molar-refractivity contribution >= 4 is 28.4 Å². The highest BCUT2D eigenvalue weighted by atomic mass is 16.3. The van der Waals surface area contributed by atoms with Crippen molar-refractivity contribution in [3.8, 4) is 11.1 Å². The lowest BCUT2D eigenvalue weighted by atomic mass is 9.77. The third-order valence-electron chi connectivity index (χ3n) is 8.93. The van der Waals surface area contributed by atoms with Crippen molar-refractivity contribution in [3.63, 3.8) is 0 Å². The van der Waals surface area contributed by atoms with Gasteiger partial charge in [-0.3, -0.25) is 9.59 Å². The zero-order valence-corrected chi connectivity index (χ0v) is 21.9. The van der Waals surface area contributed by atoms with Gasteiger partial charge in [0.25, 0.3) is 11.8 Å². The number of nitrogens with zero attached hydrogens (tertiary/aromatic N) is 1. The SMILES string of the molecule is Cc1c(-c2ccc(C(N)=O)c3[nH]c4c(c23)CCC(C(C)(C)O)C4)cccc1N1CC2=C(CCCC2)C1=O. The fourth-order valence-corrected chi connectivity index (χ4v) is 6.80. The third-order valence-corrected chi connectivity index (χ3v) is 8.93. The van der Waals surface area contributed by atoms with E-state index in [4.69, 9.17) is 5.73 Å². The van der Waals surface area contributed by atoms with Gasteiger partial charge in [-0.15, -0.1) is 0 Å². The fourth-order valence-electron chi connectivity index (χ4n) is 6.80. The van der Waals surface area contributed by atoms with Gasteiger partial charge in [-0.05, 0) is 112 Å². The number of carbonyl (C=O) groups excluding carboxylic acids is 2. The number of aromatic nitrogens is 1. The number of benzene rings is 2. The average Bonchev–Trinajstić information content (AvgIpc) is 3.41. The summed E-state index contributed by atoms with van der Waals surface area (Å²) < 4.78 is 0. The molecule has 6 nitrogen and oxygen atoms in total. The molecule has 1 atom stereocenters. The summed E-state index contributed by atoms with van der Waals surface area (Å²) in [6.07, 6.45) is 6.59. The number of fused-ring (bicyclic) bond motifs is 3. The van der Waals surface area contributed by atoms with Crippen molar-refractivity contribution in [2.24, 2.45) is 11.7 Å². The summed E-state index contributed by atoms with van der Waals surface area (Å²) >= 11 is 0. The lowest BCUT2D eigenvalue weighted by Gasteiger charge is -2.32. The minimum absolute atomic E-state index is 0.137. The number of carbonyl (C=O) groups is 2. The number of H-pyrrole nitrogens is 1. The molecule has 1 unspecified atom stereocenters. The van der Waals surface area contributed by atoms with Crippen LogP contribution in [0.15, 0.2) is 41.5 Å². The molecule has 2 heterocycles. The number of aromatic amines is 1. The minimum Gasteiger partial charge on any atom is -0.390 e. The van der Waals surface area contributed by atoms with Gasteiger partial charge in [0, 0.05) is 28.9 Å². The summed E-state index contributed by atoms with van der Waals surface area (Å²) in [4.78, 5) is 31.2. The van der Waals surface area contributed by atoms with Gasteiger partial charge < -0.3 is 20.7 Å². The minimum atomic E-state index is -0.773. The van der Waals surface area contributed by atoms with Crippen LogP contribution >= 0.6 is 0 Å². The Balaban J connectivity index is 1.48. The highest BCUT2D eigenvalue weighted by Gasteiger charge is 2.35. The Morgan fingerprint density at radius 1 is 1.11 bits per heavy atom. The first-order chi connectivity index (χ1) is 17.6. The van der Waals surface area contributed by atoms with Crippen molar-refractivity contribution in [1.82, 2.24) is 4.98 Å². The van der Waals surface area contributed by atoms with E-state index in [0.29, 0.717) is 12.1 Å². The number of hydrogen-bond acceptors (Lipinski definition) is 3. The highest BCUT2D eigenvalue weighted by Crippen LogP contribution is 2.44. The third kappa shape index (κ3) is 3.81. The van der Waals surface area contributed by atoms with Crippen molar-refractivity contribution in [3.05, 3.63) is 63.9 Å². The summed E-state index contributed by atoms with van der Waals surface area (Å²) in [5.41, 5.74) is 15.0. The van der Waals surface area contributed by atoms with Crippen LogP contribution in [0.1, 0.15) is 73.1 Å². The van der Waals surface area contributed by atoms with Crippen LogP contribution in [0, 0.1) is 12.8 Å². The van der Waals surface area contributed by atoms with Gasteiger partial charge in [-0.25, -0.2) is 0 Å². The van der Waals surface area contributed by atoms with E-state index in [1.54, 1.807) is 0 Å². The molecule has 4 N–H and O–H groups in total. The van der Waals surface area contributed by atoms with Gasteiger partial charge in [0.2, 0.25) is 0 Å². The van der Waals surface area contributed by atoms with Gasteiger partial charge in [0.05, 0.1) is 16.7 Å². The number of anilines is 1. The predicted molar refractivity (Wildman–Crippen MR) is 147 cm³/mol. The van der Waals surface area contributed by atoms with E-state index in [-0.39, 0.29) is 11.8 Å². The molecule has 192 valence electrons. The Hall–Kier alpha value is -3.38. The zero-order valence-electron chi connectivity index (χ0n) is 21.9. The molecule has 3 aromatic rings. The molecule has 2 aliphatic carbocycles. The number of aliphatic hydroxyl groups is 1. The second-order valence-electron chi connectivity index (χ2n) is 11.6. The Labute approximate surface area is 217 Å². The van der Waals surface area contributed by atoms with Gasteiger partial charge in [0.1, 0.15) is 0 Å². The maximum atomic E-state index is 13.3. The second-order valence-corrected chi connectivity index (χ2v) is 11.6. The summed E-state index contributed by atoms with van der Waals surface area (Å²) in [5.74, 6) is -0.168. The molecule has 0 radical (unpaired) electrons. The molecule has 0 fully saturated rings. The topological polar surface area (TPSA) is 99.4 Å². The van der Waals surface area contributed by atoms with E-state index in [9.17, 15) is 14.7 Å². The normalized spacial score (nSPS) is 19.9. The van der Waals surface area contributed by atoms with Crippen molar-refractivity contribution in [2.45, 2.75) is 71.3 Å². The first kappa shape index (κ1) is 24.0. The number of nitrogens with one attached hydrogen (secondary N) is 1. The number of rotatable bonds is 4. The molecule has 1 aliphatic heterocycles. The first-order valence-electron chi connectivity index (χ1n) is 13.5. The van der Waals surface area contributed by atoms with Crippen LogP contribution in [0.3, 0.4) is 0 Å². The van der Waals surface area contributed by atoms with Crippen LogP contribution in [0.2, 0.25) is 0 Å². The zero-order chi connectivity index (χ0) is 26.1. The molecule has 2 aromatic carbocycles. The molecule has 6 rings (SSSR count). The second kappa shape index (κ2) is 8.59. The van der Waals surface area contributed by atoms with Crippen molar-refractivity contribution < 1.29 is 14.7 Å². The maximum absolute atomic E-state index is 13.3. The molecule has 0 saturated carbocycles. The Morgan fingerprint density at radius 2 is 1.89 bits per heavy atom. The molecule has 2 amide bonds. The molecule has 1 aromatic heterocycles. The molecular formula is C31H35N3O3. The summed E-state index contributed by atoms with van der Waals surface area (Å²) in [6.45, 7) is 6.51. The smallest absolute Gasteiger partial charge is 0.254 e. The molecule has 0 bridgehead atoms. The standard InChI is InChI=1S/C31H35N3O3/c1-17-20(9-6-10-26(17)34-16-18-7-4-5-8-21(18)30(34)36)22-13-14-24(29(32)35)28-27(22)23-12-11-19(31(2,3)37)15-25(23)33-28/h6,9-10,13-14,19,33,37H,4-5,7-8,11-12,15-16H2,1-3H3,(H2,32,35). The summed E-state index contributed by atoms with van der Waals surface area (Å²) in [7, 11) is 0. The van der Waals surface area contributed by atoms with Crippen LogP contribution < -0.4 is 10.6 Å². The van der Waals surface area contributed by atoms with Gasteiger partial charge in [-0.1, -0.05) is 18.2 Å². The molecule has 0 saturated heterocycles. The number of aryl methyl sites for hydroxylation is 1.